The molecule has 0 saturated heterocycles. The fourth-order valence-electron chi connectivity index (χ4n) is 1.02. The number of benzene rings is 1. The van der Waals surface area contributed by atoms with Gasteiger partial charge in [0.15, 0.2) is 0 Å². The molecule has 1 rings (SSSR count). The molecule has 0 aliphatic rings. The van der Waals surface area contributed by atoms with Crippen LogP contribution in [0.4, 0.5) is 0 Å². The Morgan fingerprint density at radius 3 is 2.87 bits per heavy atom. The molecule has 0 aliphatic carbocycles. The maximum absolute atomic E-state index is 8.66. The van der Waals surface area contributed by atoms with Crippen LogP contribution < -0.4 is 4.74 Å². The first-order valence-corrected chi connectivity index (χ1v) is 4.87. The summed E-state index contributed by atoms with van der Waals surface area (Å²) >= 11 is 5.84. The molecule has 0 fully saturated rings. The van der Waals surface area contributed by atoms with Crippen molar-refractivity contribution in [1.82, 2.24) is 0 Å². The Bertz CT molecular complexity index is 437. The predicted octanol–water partition coefficient (Wildman–Crippen LogP) is 3.00. The highest BCUT2D eigenvalue weighted by molar-refractivity contribution is 6.31. The summed E-state index contributed by atoms with van der Waals surface area (Å²) in [6, 6.07) is 7.00. The van der Waals surface area contributed by atoms with Gasteiger partial charge in [0.05, 0.1) is 17.2 Å². The molecule has 0 bridgehead atoms. The molecule has 15 heavy (non-hydrogen) atoms. The molecule has 0 spiro atoms. The quantitative estimate of drug-likeness (QED) is 0.578. The van der Waals surface area contributed by atoms with Crippen molar-refractivity contribution < 1.29 is 4.74 Å². The molecule has 0 aromatic heterocycles. The highest BCUT2D eigenvalue weighted by atomic mass is 35.5. The zero-order chi connectivity index (χ0) is 11.1. The third kappa shape index (κ3) is 3.54. The van der Waals surface area contributed by atoms with E-state index in [1.54, 1.807) is 25.1 Å². The molecule has 0 radical (unpaired) electrons. The highest BCUT2D eigenvalue weighted by Gasteiger charge is 2.00. The van der Waals surface area contributed by atoms with E-state index in [2.05, 4.69) is 11.8 Å². The molecule has 3 heteroatoms. The SMILES string of the molecule is CC#CCCOc1ccc(C#N)c(Cl)c1. The molecule has 0 heterocycles. The van der Waals surface area contributed by atoms with Crippen LogP contribution in [-0.2, 0) is 0 Å². The van der Waals surface area contributed by atoms with Crippen LogP contribution in [0.1, 0.15) is 18.9 Å². The maximum atomic E-state index is 8.66. The number of halogens is 1. The van der Waals surface area contributed by atoms with Gasteiger partial charge in [-0.3, -0.25) is 0 Å². The minimum Gasteiger partial charge on any atom is -0.493 e. The van der Waals surface area contributed by atoms with Gasteiger partial charge in [-0.1, -0.05) is 11.6 Å². The Morgan fingerprint density at radius 2 is 2.27 bits per heavy atom. The summed E-state index contributed by atoms with van der Waals surface area (Å²) in [7, 11) is 0. The second-order valence-corrected chi connectivity index (χ2v) is 3.19. The van der Waals surface area contributed by atoms with E-state index in [-0.39, 0.29) is 0 Å². The van der Waals surface area contributed by atoms with Gasteiger partial charge < -0.3 is 4.74 Å². The Morgan fingerprint density at radius 1 is 1.47 bits per heavy atom. The molecule has 76 valence electrons. The molecule has 2 nitrogen and oxygen atoms in total. The fourth-order valence-corrected chi connectivity index (χ4v) is 1.23. The van der Waals surface area contributed by atoms with E-state index >= 15 is 0 Å². The molecule has 1 aromatic rings. The van der Waals surface area contributed by atoms with Gasteiger partial charge in [-0.25, -0.2) is 0 Å². The van der Waals surface area contributed by atoms with Gasteiger partial charge in [0.1, 0.15) is 11.8 Å². The molecule has 0 atom stereocenters. The Balaban J connectivity index is 2.59. The van der Waals surface area contributed by atoms with Crippen LogP contribution in [0.2, 0.25) is 5.02 Å². The van der Waals surface area contributed by atoms with Gasteiger partial charge in [0.25, 0.3) is 0 Å². The lowest BCUT2D eigenvalue weighted by Gasteiger charge is -2.04. The average molecular weight is 220 g/mol. The molecule has 0 aliphatic heterocycles. The highest BCUT2D eigenvalue weighted by Crippen LogP contribution is 2.21. The molecule has 0 unspecified atom stereocenters. The van der Waals surface area contributed by atoms with E-state index in [1.807, 2.05) is 6.07 Å². The van der Waals surface area contributed by atoms with Crippen molar-refractivity contribution in [2.24, 2.45) is 0 Å². The second kappa shape index (κ2) is 5.96. The van der Waals surface area contributed by atoms with E-state index in [1.165, 1.54) is 0 Å². The zero-order valence-electron chi connectivity index (χ0n) is 8.38. The molecule has 0 amide bonds. The summed E-state index contributed by atoms with van der Waals surface area (Å²) in [6.07, 6.45) is 0.689. The van der Waals surface area contributed by atoms with E-state index in [0.717, 1.165) is 0 Å². The van der Waals surface area contributed by atoms with Crippen LogP contribution in [0.15, 0.2) is 18.2 Å². The summed E-state index contributed by atoms with van der Waals surface area (Å²) in [5.41, 5.74) is 0.456. The monoisotopic (exact) mass is 219 g/mol. The summed E-state index contributed by atoms with van der Waals surface area (Å²) in [5.74, 6) is 6.34. The standard InChI is InChI=1S/C12H10ClNO/c1-2-3-4-7-15-11-6-5-10(9-14)12(13)8-11/h5-6,8H,4,7H2,1H3. The predicted molar refractivity (Wildman–Crippen MR) is 59.7 cm³/mol. The average Bonchev–Trinajstić information content (AvgIpc) is 2.25. The van der Waals surface area contributed by atoms with Crippen LogP contribution >= 0.6 is 11.6 Å². The maximum Gasteiger partial charge on any atom is 0.120 e. The Kier molecular flexibility index (Phi) is 4.54. The zero-order valence-corrected chi connectivity index (χ0v) is 9.14. The lowest BCUT2D eigenvalue weighted by molar-refractivity contribution is 0.327. The Hall–Kier alpha value is -1.64. The van der Waals surface area contributed by atoms with Crippen molar-refractivity contribution in [2.75, 3.05) is 6.61 Å². The summed E-state index contributed by atoms with van der Waals surface area (Å²) in [6.45, 7) is 2.32. The number of rotatable bonds is 3. The van der Waals surface area contributed by atoms with Gasteiger partial charge >= 0.3 is 0 Å². The van der Waals surface area contributed by atoms with E-state index in [0.29, 0.717) is 29.4 Å². The first-order chi connectivity index (χ1) is 7.27. The van der Waals surface area contributed by atoms with Crippen LogP contribution in [0.5, 0.6) is 5.75 Å². The van der Waals surface area contributed by atoms with E-state index < -0.39 is 0 Å². The summed E-state index contributed by atoms with van der Waals surface area (Å²) in [4.78, 5) is 0. The summed E-state index contributed by atoms with van der Waals surface area (Å²) < 4.78 is 5.39. The van der Waals surface area contributed by atoms with Crippen LogP contribution in [-0.4, -0.2) is 6.61 Å². The third-order valence-electron chi connectivity index (χ3n) is 1.73. The van der Waals surface area contributed by atoms with Gasteiger partial charge in [-0.05, 0) is 19.1 Å². The Labute approximate surface area is 94.4 Å². The van der Waals surface area contributed by atoms with E-state index in [9.17, 15) is 0 Å². The fraction of sp³-hybridized carbons (Fsp3) is 0.250. The second-order valence-electron chi connectivity index (χ2n) is 2.78. The molecule has 1 aromatic carbocycles. The van der Waals surface area contributed by atoms with Crippen molar-refractivity contribution >= 4 is 11.6 Å². The van der Waals surface area contributed by atoms with Crippen molar-refractivity contribution in [1.29, 1.82) is 5.26 Å². The summed E-state index contributed by atoms with van der Waals surface area (Å²) in [5, 5.41) is 9.08. The first-order valence-electron chi connectivity index (χ1n) is 4.50. The van der Waals surface area contributed by atoms with Crippen molar-refractivity contribution in [2.45, 2.75) is 13.3 Å². The topological polar surface area (TPSA) is 33.0 Å². The number of hydrogen-bond donors (Lipinski definition) is 0. The third-order valence-corrected chi connectivity index (χ3v) is 2.05. The number of ether oxygens (including phenoxy) is 1. The normalized spacial score (nSPS) is 8.60. The van der Waals surface area contributed by atoms with E-state index in [4.69, 9.17) is 21.6 Å². The number of nitriles is 1. The first kappa shape index (κ1) is 11.4. The van der Waals surface area contributed by atoms with Gasteiger partial charge in [-0.2, -0.15) is 5.26 Å². The van der Waals surface area contributed by atoms with Gasteiger partial charge in [0.2, 0.25) is 0 Å². The molecule has 0 saturated carbocycles. The minimum atomic E-state index is 0.413. The molecular weight excluding hydrogens is 210 g/mol. The van der Waals surface area contributed by atoms with Crippen LogP contribution in [0.3, 0.4) is 0 Å². The molecule has 0 N–H and O–H groups in total. The van der Waals surface area contributed by atoms with Gasteiger partial charge in [0, 0.05) is 12.5 Å². The van der Waals surface area contributed by atoms with Crippen LogP contribution in [0, 0.1) is 23.2 Å². The lowest BCUT2D eigenvalue weighted by atomic mass is 10.2. The van der Waals surface area contributed by atoms with Gasteiger partial charge in [-0.15, -0.1) is 11.8 Å². The molecular formula is C12H10ClNO. The minimum absolute atomic E-state index is 0.413. The largest absolute Gasteiger partial charge is 0.493 e. The number of nitrogens with zero attached hydrogens (tertiary/aromatic N) is 1. The lowest BCUT2D eigenvalue weighted by Crippen LogP contribution is -1.95. The van der Waals surface area contributed by atoms with Crippen molar-refractivity contribution in [3.63, 3.8) is 0 Å². The van der Waals surface area contributed by atoms with Crippen LogP contribution in [0.25, 0.3) is 0 Å². The van der Waals surface area contributed by atoms with Crippen molar-refractivity contribution in [3.05, 3.63) is 28.8 Å². The van der Waals surface area contributed by atoms with Crippen molar-refractivity contribution in [3.8, 4) is 23.7 Å². The number of hydrogen-bond acceptors (Lipinski definition) is 2. The smallest absolute Gasteiger partial charge is 0.120 e.